The predicted molar refractivity (Wildman–Crippen MR) is 152 cm³/mol. The first-order valence-electron chi connectivity index (χ1n) is 12.1. The first-order valence-corrected chi connectivity index (χ1v) is 13.1. The van der Waals surface area contributed by atoms with Crippen molar-refractivity contribution in [3.63, 3.8) is 0 Å². The molecule has 0 aliphatic rings. The zero-order valence-electron chi connectivity index (χ0n) is 22.8. The summed E-state index contributed by atoms with van der Waals surface area (Å²) in [5.41, 5.74) is 1.21. The van der Waals surface area contributed by atoms with Crippen molar-refractivity contribution in [2.75, 3.05) is 11.1 Å². The first kappa shape index (κ1) is 30.5. The summed E-state index contributed by atoms with van der Waals surface area (Å²) in [7, 11) is 0. The number of nitrogens with one attached hydrogen (secondary N) is 2. The Bertz CT molecular complexity index is 1120. The topological polar surface area (TPSA) is 87.7 Å². The van der Waals surface area contributed by atoms with E-state index >= 15 is 0 Å². The number of rotatable bonds is 7. The highest BCUT2D eigenvalue weighted by Crippen LogP contribution is 2.34. The summed E-state index contributed by atoms with van der Waals surface area (Å²) in [6.07, 6.45) is -0.739. The highest BCUT2D eigenvalue weighted by atomic mass is 35.5. The molecule has 0 aromatic heterocycles. The number of ether oxygens (including phenoxy) is 1. The van der Waals surface area contributed by atoms with Crippen LogP contribution in [-0.2, 0) is 14.3 Å². The molecule has 0 fully saturated rings. The molecule has 2 unspecified atom stereocenters. The van der Waals surface area contributed by atoms with E-state index in [4.69, 9.17) is 16.3 Å². The van der Waals surface area contributed by atoms with Crippen molar-refractivity contribution in [1.82, 2.24) is 10.2 Å². The molecule has 2 atom stereocenters. The van der Waals surface area contributed by atoms with E-state index in [0.717, 1.165) is 11.1 Å². The Morgan fingerprint density at radius 2 is 1.57 bits per heavy atom. The second-order valence-corrected chi connectivity index (χ2v) is 11.7. The lowest BCUT2D eigenvalue weighted by Gasteiger charge is -2.43. The molecular weight excluding hydrogens is 510 g/mol. The molecule has 0 aliphatic carbocycles. The number of nitrogens with zero attached hydrogens (tertiary/aromatic N) is 1. The van der Waals surface area contributed by atoms with Crippen LogP contribution < -0.4 is 10.6 Å². The Labute approximate surface area is 230 Å². The van der Waals surface area contributed by atoms with E-state index in [1.807, 2.05) is 65.0 Å². The van der Waals surface area contributed by atoms with Crippen LogP contribution in [0.3, 0.4) is 0 Å². The van der Waals surface area contributed by atoms with Crippen LogP contribution in [-0.4, -0.2) is 45.7 Å². The molecule has 0 aliphatic heterocycles. The number of halogens is 1. The number of anilines is 1. The minimum Gasteiger partial charge on any atom is -0.444 e. The molecule has 7 nitrogen and oxygen atoms in total. The van der Waals surface area contributed by atoms with Gasteiger partial charge in [0.2, 0.25) is 5.91 Å². The number of para-hydroxylation sites is 1. The lowest BCUT2D eigenvalue weighted by atomic mass is 9.93. The molecule has 202 valence electrons. The second kappa shape index (κ2) is 12.2. The molecule has 0 bridgehead atoms. The number of hydrogen-bond acceptors (Lipinski definition) is 5. The zero-order chi connectivity index (χ0) is 28.1. The van der Waals surface area contributed by atoms with Gasteiger partial charge in [-0.3, -0.25) is 9.59 Å². The normalized spacial score (nSPS) is 13.4. The highest BCUT2D eigenvalue weighted by Gasteiger charge is 2.42. The Balaban J connectivity index is 2.59. The monoisotopic (exact) mass is 547 g/mol. The van der Waals surface area contributed by atoms with Gasteiger partial charge < -0.3 is 20.3 Å². The van der Waals surface area contributed by atoms with E-state index in [9.17, 15) is 14.4 Å². The summed E-state index contributed by atoms with van der Waals surface area (Å²) in [4.78, 5) is 42.0. The lowest BCUT2D eigenvalue weighted by molar-refractivity contribution is -0.146. The molecule has 2 rings (SSSR count). The Morgan fingerprint density at radius 3 is 2.08 bits per heavy atom. The van der Waals surface area contributed by atoms with Gasteiger partial charge in [-0.2, -0.15) is 12.6 Å². The maximum Gasteiger partial charge on any atom is 0.408 e. The first-order chi connectivity index (χ1) is 17.1. The number of carbonyl (C=O) groups excluding carboxylic acids is 3. The quantitative estimate of drug-likeness (QED) is 0.366. The minimum atomic E-state index is -1.03. The average Bonchev–Trinajstić information content (AvgIpc) is 2.76. The highest BCUT2D eigenvalue weighted by molar-refractivity contribution is 7.80. The number of carbonyl (C=O) groups is 3. The lowest BCUT2D eigenvalue weighted by Crippen LogP contribution is -2.58. The van der Waals surface area contributed by atoms with Crippen LogP contribution in [0.25, 0.3) is 0 Å². The molecule has 3 amide bonds. The van der Waals surface area contributed by atoms with E-state index in [-0.39, 0.29) is 5.75 Å². The Hall–Kier alpha value is -2.71. The number of thiol groups is 1. The third-order valence-electron chi connectivity index (χ3n) is 5.59. The molecule has 0 heterocycles. The van der Waals surface area contributed by atoms with Gasteiger partial charge in [0.15, 0.2) is 0 Å². The number of alkyl carbamates (subject to hydrolysis) is 1. The number of amides is 3. The summed E-state index contributed by atoms with van der Waals surface area (Å²) in [6.45, 7) is 14.5. The van der Waals surface area contributed by atoms with E-state index in [1.54, 1.807) is 32.9 Å². The summed E-state index contributed by atoms with van der Waals surface area (Å²) < 4.78 is 5.35. The summed E-state index contributed by atoms with van der Waals surface area (Å²) >= 11 is 10.7. The smallest absolute Gasteiger partial charge is 0.408 e. The van der Waals surface area contributed by atoms with Gasteiger partial charge >= 0.3 is 6.09 Å². The van der Waals surface area contributed by atoms with Crippen LogP contribution in [0.4, 0.5) is 10.5 Å². The van der Waals surface area contributed by atoms with E-state index in [0.29, 0.717) is 16.3 Å². The van der Waals surface area contributed by atoms with Gasteiger partial charge in [-0.15, -0.1) is 0 Å². The van der Waals surface area contributed by atoms with Crippen LogP contribution in [0.1, 0.15) is 64.3 Å². The van der Waals surface area contributed by atoms with E-state index in [2.05, 4.69) is 23.3 Å². The van der Waals surface area contributed by atoms with Crippen molar-refractivity contribution in [2.24, 2.45) is 0 Å². The number of hydrogen-bond donors (Lipinski definition) is 3. The van der Waals surface area contributed by atoms with Crippen molar-refractivity contribution in [2.45, 2.75) is 78.6 Å². The fraction of sp³-hybridized carbons (Fsp3) is 0.464. The fourth-order valence-electron chi connectivity index (χ4n) is 3.92. The molecule has 9 heteroatoms. The fourth-order valence-corrected chi connectivity index (χ4v) is 4.44. The number of aryl methyl sites for hydroxylation is 2. The van der Waals surface area contributed by atoms with Crippen LogP contribution in [0.2, 0.25) is 5.02 Å². The van der Waals surface area contributed by atoms with Crippen molar-refractivity contribution in [1.29, 1.82) is 0 Å². The van der Waals surface area contributed by atoms with Gasteiger partial charge in [0.1, 0.15) is 17.7 Å². The van der Waals surface area contributed by atoms with Crippen LogP contribution in [0.5, 0.6) is 0 Å². The maximum absolute atomic E-state index is 14.0. The Morgan fingerprint density at radius 1 is 0.973 bits per heavy atom. The van der Waals surface area contributed by atoms with Crippen LogP contribution in [0.15, 0.2) is 42.5 Å². The summed E-state index contributed by atoms with van der Waals surface area (Å²) in [5, 5.41) is 5.96. The van der Waals surface area contributed by atoms with Crippen molar-refractivity contribution in [3.8, 4) is 0 Å². The van der Waals surface area contributed by atoms with Gasteiger partial charge in [-0.25, -0.2) is 4.79 Å². The molecule has 0 spiro atoms. The van der Waals surface area contributed by atoms with Gasteiger partial charge in [0.05, 0.1) is 10.7 Å². The van der Waals surface area contributed by atoms with Gasteiger partial charge in [-0.05, 0) is 78.1 Å². The third kappa shape index (κ3) is 8.14. The number of benzene rings is 2. The van der Waals surface area contributed by atoms with Crippen molar-refractivity contribution >= 4 is 47.8 Å². The predicted octanol–water partition coefficient (Wildman–Crippen LogP) is 6.09. The molecule has 2 aromatic carbocycles. The molecule has 0 saturated carbocycles. The second-order valence-electron chi connectivity index (χ2n) is 10.9. The molecule has 0 saturated heterocycles. The average molecular weight is 548 g/mol. The largest absolute Gasteiger partial charge is 0.444 e. The van der Waals surface area contributed by atoms with Crippen LogP contribution >= 0.6 is 24.2 Å². The van der Waals surface area contributed by atoms with Gasteiger partial charge in [0, 0.05) is 11.3 Å². The minimum absolute atomic E-state index is 0.0103. The molecule has 0 radical (unpaired) electrons. The van der Waals surface area contributed by atoms with Gasteiger partial charge in [-0.1, -0.05) is 48.0 Å². The van der Waals surface area contributed by atoms with Crippen LogP contribution in [0, 0.1) is 13.8 Å². The molecule has 37 heavy (non-hydrogen) atoms. The molecule has 2 aromatic rings. The maximum atomic E-state index is 14.0. The summed E-state index contributed by atoms with van der Waals surface area (Å²) in [6, 6.07) is 10.7. The standard InChI is InChI=1S/C28H38ClN3O4S/c1-17-12-9-10-14-19(17)23(24(33)31-22-18(2)13-11-15-20(22)29)32(27(3,4)5)25(34)21(16-37)30-26(35)36-28(6,7)8/h9-15,21,23,37H,16H2,1-8H3,(H,30,35)(H,31,33). The molecule has 2 N–H and O–H groups in total. The molecular formula is C28H38ClN3O4S. The zero-order valence-corrected chi connectivity index (χ0v) is 24.5. The van der Waals surface area contributed by atoms with Crippen molar-refractivity contribution in [3.05, 3.63) is 64.2 Å². The SMILES string of the molecule is Cc1ccccc1C(C(=O)Nc1c(C)cccc1Cl)N(C(=O)C(CS)NC(=O)OC(C)(C)C)C(C)(C)C. The summed E-state index contributed by atoms with van der Waals surface area (Å²) in [5.74, 6) is -0.882. The van der Waals surface area contributed by atoms with Gasteiger partial charge in [0.25, 0.3) is 5.91 Å². The van der Waals surface area contributed by atoms with E-state index < -0.39 is 41.1 Å². The van der Waals surface area contributed by atoms with E-state index in [1.165, 1.54) is 4.90 Å². The third-order valence-corrected chi connectivity index (χ3v) is 6.27. The van der Waals surface area contributed by atoms with Crippen molar-refractivity contribution < 1.29 is 19.1 Å². The Kier molecular flexibility index (Phi) is 10.1.